The third-order valence-electron chi connectivity index (χ3n) is 2.44. The summed E-state index contributed by atoms with van der Waals surface area (Å²) in [6.45, 7) is 6.15. The van der Waals surface area contributed by atoms with Crippen molar-refractivity contribution in [3.63, 3.8) is 0 Å². The predicted octanol–water partition coefficient (Wildman–Crippen LogP) is 1.77. The highest BCUT2D eigenvalue weighted by atomic mass is 35.5. The largest absolute Gasteiger partial charge is 0.444 e. The summed E-state index contributed by atoms with van der Waals surface area (Å²) >= 11 is 5.88. The van der Waals surface area contributed by atoms with Crippen LogP contribution in [-0.4, -0.2) is 49.5 Å². The summed E-state index contributed by atoms with van der Waals surface area (Å²) in [4.78, 5) is 13.3. The summed E-state index contributed by atoms with van der Waals surface area (Å²) in [5.74, 6) is -0.245. The van der Waals surface area contributed by atoms with Gasteiger partial charge in [0.25, 0.3) is 0 Å². The fourth-order valence-electron chi connectivity index (χ4n) is 1.62. The number of rotatable bonds is 3. The van der Waals surface area contributed by atoms with Crippen molar-refractivity contribution in [2.45, 2.75) is 32.8 Å². The van der Waals surface area contributed by atoms with Gasteiger partial charge in [-0.15, -0.1) is 0 Å². The molecule has 0 saturated carbocycles. The van der Waals surface area contributed by atoms with Gasteiger partial charge >= 0.3 is 16.2 Å². The fraction of sp³-hybridized carbons (Fsp3) is 0.818. The van der Waals surface area contributed by atoms with E-state index in [4.69, 9.17) is 16.3 Å². The summed E-state index contributed by atoms with van der Waals surface area (Å²) in [5, 5.41) is 3.39. The Morgan fingerprint density at radius 2 is 2.00 bits per heavy atom. The number of carbonyl (C=O) groups is 1. The molecule has 0 radical (unpaired) electrons. The van der Waals surface area contributed by atoms with Gasteiger partial charge in [-0.3, -0.25) is 4.28 Å². The van der Waals surface area contributed by atoms with Crippen LogP contribution in [0.2, 0.25) is 0 Å². The zero-order valence-corrected chi connectivity index (χ0v) is 13.5. The van der Waals surface area contributed by atoms with Crippen LogP contribution in [-0.2, 0) is 19.1 Å². The van der Waals surface area contributed by atoms with Crippen LogP contribution in [0.4, 0.5) is 4.79 Å². The Labute approximate surface area is 124 Å². The zero-order chi connectivity index (χ0) is 15.6. The van der Waals surface area contributed by atoms with E-state index in [2.05, 4.69) is 9.44 Å². The van der Waals surface area contributed by atoms with Crippen molar-refractivity contribution in [3.05, 3.63) is 0 Å². The second kappa shape index (κ2) is 6.17. The van der Waals surface area contributed by atoms with E-state index < -0.39 is 21.8 Å². The van der Waals surface area contributed by atoms with E-state index in [1.165, 1.54) is 4.90 Å². The number of nitrogens with zero attached hydrogens (tertiary/aromatic N) is 2. The molecule has 0 aromatic carbocycles. The zero-order valence-electron chi connectivity index (χ0n) is 11.9. The predicted molar refractivity (Wildman–Crippen MR) is 75.1 cm³/mol. The van der Waals surface area contributed by atoms with Crippen LogP contribution in [0, 0.1) is 5.92 Å². The first kappa shape index (κ1) is 17.0. The number of hydrogen-bond donors (Lipinski definition) is 0. The number of carbonyl (C=O) groups excluding carboxylic acids is 1. The molecule has 1 atom stereocenters. The molecule has 1 amide bonds. The Kier molecular flexibility index (Phi) is 5.26. The lowest BCUT2D eigenvalue weighted by molar-refractivity contribution is 0.0292. The van der Waals surface area contributed by atoms with Gasteiger partial charge in [0.15, 0.2) is 5.17 Å². The van der Waals surface area contributed by atoms with Gasteiger partial charge in [-0.2, -0.15) is 8.42 Å². The molecule has 20 heavy (non-hydrogen) atoms. The highest BCUT2D eigenvalue weighted by Crippen LogP contribution is 2.22. The summed E-state index contributed by atoms with van der Waals surface area (Å²) in [6.07, 6.45) is 1.03. The Morgan fingerprint density at radius 1 is 1.40 bits per heavy atom. The average Bonchev–Trinajstić information content (AvgIpc) is 2.71. The molecule has 1 fully saturated rings. The molecule has 0 aromatic heterocycles. The van der Waals surface area contributed by atoms with Crippen molar-refractivity contribution in [2.75, 3.05) is 19.3 Å². The maximum absolute atomic E-state index is 11.8. The lowest BCUT2D eigenvalue weighted by atomic mass is 10.1. The van der Waals surface area contributed by atoms with Gasteiger partial charge in [0.2, 0.25) is 0 Å². The van der Waals surface area contributed by atoms with E-state index in [1.54, 1.807) is 20.8 Å². The van der Waals surface area contributed by atoms with Crippen molar-refractivity contribution in [3.8, 4) is 0 Å². The second-order valence-electron chi connectivity index (χ2n) is 5.60. The molecule has 1 saturated heterocycles. The van der Waals surface area contributed by atoms with Crippen molar-refractivity contribution in [1.29, 1.82) is 0 Å². The Bertz CT molecular complexity index is 497. The minimum atomic E-state index is -3.68. The summed E-state index contributed by atoms with van der Waals surface area (Å²) in [6, 6.07) is 0. The summed E-state index contributed by atoms with van der Waals surface area (Å²) in [5.41, 5.74) is -0.563. The molecule has 0 N–H and O–H groups in total. The molecule has 1 heterocycles. The number of halogens is 1. The molecular formula is C11H19ClN2O5S. The molecule has 1 aliphatic heterocycles. The number of likely N-dealkylation sites (tertiary alicyclic amines) is 1. The number of hydrogen-bond acceptors (Lipinski definition) is 6. The van der Waals surface area contributed by atoms with Crippen LogP contribution in [0.5, 0.6) is 0 Å². The topological polar surface area (TPSA) is 85.3 Å². The van der Waals surface area contributed by atoms with Gasteiger partial charge < -0.3 is 9.64 Å². The molecule has 1 rings (SSSR count). The van der Waals surface area contributed by atoms with Crippen LogP contribution >= 0.6 is 11.6 Å². The van der Waals surface area contributed by atoms with Crippen LogP contribution in [0.15, 0.2) is 5.16 Å². The van der Waals surface area contributed by atoms with Crippen LogP contribution < -0.4 is 0 Å². The van der Waals surface area contributed by atoms with Crippen LogP contribution in [0.3, 0.4) is 0 Å². The van der Waals surface area contributed by atoms with Crippen molar-refractivity contribution < 1.29 is 22.2 Å². The lowest BCUT2D eigenvalue weighted by Crippen LogP contribution is -2.35. The molecule has 0 aromatic rings. The van der Waals surface area contributed by atoms with Crippen LogP contribution in [0.25, 0.3) is 0 Å². The van der Waals surface area contributed by atoms with E-state index >= 15 is 0 Å². The molecule has 1 aliphatic rings. The van der Waals surface area contributed by atoms with E-state index in [0.717, 1.165) is 6.26 Å². The van der Waals surface area contributed by atoms with Gasteiger partial charge in [0.05, 0.1) is 6.26 Å². The molecule has 7 nitrogen and oxygen atoms in total. The molecule has 9 heteroatoms. The standard InChI is InChI=1S/C11H19ClN2O5S/c1-11(2,3)18-10(15)14-6-5-8(7-14)9(12)13-19-20(4,16)17/h8H,5-7H2,1-4H3/b13-9-. The van der Waals surface area contributed by atoms with E-state index in [9.17, 15) is 13.2 Å². The number of amides is 1. The minimum absolute atomic E-state index is 0.0292. The third kappa shape index (κ3) is 5.96. The van der Waals surface area contributed by atoms with Gasteiger partial charge in [0.1, 0.15) is 5.60 Å². The molecule has 116 valence electrons. The Hall–Kier alpha value is -1.02. The SMILES string of the molecule is CC(C)(C)OC(=O)N1CCC(/C(Cl)=N/OS(C)(=O)=O)C1. The lowest BCUT2D eigenvalue weighted by Gasteiger charge is -2.24. The Morgan fingerprint density at radius 3 is 2.50 bits per heavy atom. The first-order chi connectivity index (χ1) is 8.98. The van der Waals surface area contributed by atoms with E-state index in [1.807, 2.05) is 0 Å². The van der Waals surface area contributed by atoms with Gasteiger partial charge in [-0.25, -0.2) is 4.79 Å². The van der Waals surface area contributed by atoms with Crippen LogP contribution in [0.1, 0.15) is 27.2 Å². The van der Waals surface area contributed by atoms with Gasteiger partial charge in [0, 0.05) is 19.0 Å². The first-order valence-electron chi connectivity index (χ1n) is 6.08. The number of oxime groups is 1. The summed E-state index contributed by atoms with van der Waals surface area (Å²) in [7, 11) is -3.68. The molecule has 0 bridgehead atoms. The van der Waals surface area contributed by atoms with E-state index in [0.29, 0.717) is 19.5 Å². The maximum Gasteiger partial charge on any atom is 0.410 e. The molecule has 1 unspecified atom stereocenters. The van der Waals surface area contributed by atoms with E-state index in [-0.39, 0.29) is 11.1 Å². The number of ether oxygens (including phenoxy) is 1. The summed E-state index contributed by atoms with van der Waals surface area (Å²) < 4.78 is 31.1. The normalized spacial score (nSPS) is 20.9. The monoisotopic (exact) mass is 326 g/mol. The van der Waals surface area contributed by atoms with Gasteiger partial charge in [-0.05, 0) is 27.2 Å². The third-order valence-corrected chi connectivity index (χ3v) is 3.16. The fourth-order valence-corrected chi connectivity index (χ4v) is 2.09. The van der Waals surface area contributed by atoms with Gasteiger partial charge in [-0.1, -0.05) is 16.8 Å². The van der Waals surface area contributed by atoms with Crippen molar-refractivity contribution in [2.24, 2.45) is 11.1 Å². The highest BCUT2D eigenvalue weighted by Gasteiger charge is 2.32. The first-order valence-corrected chi connectivity index (χ1v) is 8.27. The molecule has 0 spiro atoms. The minimum Gasteiger partial charge on any atom is -0.444 e. The Balaban J connectivity index is 2.57. The second-order valence-corrected chi connectivity index (χ2v) is 7.55. The highest BCUT2D eigenvalue weighted by molar-refractivity contribution is 7.85. The quantitative estimate of drug-likeness (QED) is 0.583. The maximum atomic E-state index is 11.8. The van der Waals surface area contributed by atoms with Crippen molar-refractivity contribution >= 4 is 33.0 Å². The molecular weight excluding hydrogens is 308 g/mol. The molecule has 0 aliphatic carbocycles. The average molecular weight is 327 g/mol. The smallest absolute Gasteiger partial charge is 0.410 e. The van der Waals surface area contributed by atoms with Crippen molar-refractivity contribution in [1.82, 2.24) is 4.90 Å².